The summed E-state index contributed by atoms with van der Waals surface area (Å²) in [4.78, 5) is 11.1. The Morgan fingerprint density at radius 1 is 1.32 bits per heavy atom. The predicted molar refractivity (Wildman–Crippen MR) is 102 cm³/mol. The van der Waals surface area contributed by atoms with E-state index in [1.807, 2.05) is 56.6 Å². The van der Waals surface area contributed by atoms with Gasteiger partial charge in [0.2, 0.25) is 0 Å². The Balaban J connectivity index is 0.000000715. The van der Waals surface area contributed by atoms with Crippen LogP contribution in [0.2, 0.25) is 0 Å². The van der Waals surface area contributed by atoms with E-state index in [4.69, 9.17) is 11.3 Å². The molecule has 0 radical (unpaired) electrons. The molecular formula is C18H18AuN3OS2. The number of oxime groups is 1. The van der Waals surface area contributed by atoms with E-state index in [1.54, 1.807) is 11.1 Å². The minimum atomic E-state index is -0.148. The fraction of sp³-hybridized carbons (Fsp3) is 0.222. The minimum absolute atomic E-state index is 0. The normalized spacial score (nSPS) is 10.4. The molecule has 0 aliphatic rings. The first-order chi connectivity index (χ1) is 11.6. The van der Waals surface area contributed by atoms with Crippen LogP contribution in [0.4, 0.5) is 0 Å². The average molecular weight is 553 g/mol. The summed E-state index contributed by atoms with van der Waals surface area (Å²) in [5.74, 6) is 2.37. The quantitative estimate of drug-likeness (QED) is 0.108. The molecule has 1 aromatic carbocycles. The number of hydrogen-bond acceptors (Lipinski definition) is 6. The first kappa shape index (κ1) is 23.8. The number of nitrogens with zero attached hydrogens (tertiary/aromatic N) is 3. The number of hydrogen-bond donors (Lipinski definition) is 0. The van der Waals surface area contributed by atoms with Crippen LogP contribution in [0.25, 0.3) is 0 Å². The molecule has 0 unspecified atom stereocenters. The van der Waals surface area contributed by atoms with Gasteiger partial charge in [-0.15, -0.1) is 47.5 Å². The SMILES string of the molecule is C#CCO/N=C(\c1[c-]cccc1)c1ccccn1.CN(C)C([S-])[S-].[Au+3]. The van der Waals surface area contributed by atoms with Gasteiger partial charge in [-0.3, -0.25) is 4.98 Å². The Morgan fingerprint density at radius 3 is 2.48 bits per heavy atom. The first-order valence-electron chi connectivity index (χ1n) is 7.06. The van der Waals surface area contributed by atoms with Crippen LogP contribution in [0.3, 0.4) is 0 Å². The Morgan fingerprint density at radius 2 is 2.00 bits per heavy atom. The van der Waals surface area contributed by atoms with Crippen molar-refractivity contribution in [1.29, 1.82) is 0 Å². The Bertz CT molecular complexity index is 612. The zero-order valence-corrected chi connectivity index (χ0v) is 17.6. The van der Waals surface area contributed by atoms with Gasteiger partial charge in [-0.2, -0.15) is 0 Å². The van der Waals surface area contributed by atoms with Crippen molar-refractivity contribution in [2.24, 2.45) is 5.16 Å². The number of terminal acetylenes is 1. The Labute approximate surface area is 176 Å². The van der Waals surface area contributed by atoms with E-state index < -0.39 is 0 Å². The van der Waals surface area contributed by atoms with Crippen LogP contribution >= 0.6 is 0 Å². The second-order valence-electron chi connectivity index (χ2n) is 4.68. The Kier molecular flexibility index (Phi) is 13.3. The van der Waals surface area contributed by atoms with Crippen LogP contribution in [-0.2, 0) is 52.5 Å². The molecule has 0 bridgehead atoms. The van der Waals surface area contributed by atoms with E-state index in [0.717, 1.165) is 11.3 Å². The molecule has 0 aliphatic carbocycles. The summed E-state index contributed by atoms with van der Waals surface area (Å²) in [6.07, 6.45) is 6.83. The molecule has 0 saturated heterocycles. The molecule has 25 heavy (non-hydrogen) atoms. The zero-order chi connectivity index (χ0) is 17.8. The molecule has 2 aromatic rings. The maximum absolute atomic E-state index is 5.12. The molecule has 0 fully saturated rings. The second-order valence-corrected chi connectivity index (χ2v) is 5.87. The van der Waals surface area contributed by atoms with E-state index >= 15 is 0 Å². The molecular weight excluding hydrogens is 535 g/mol. The molecule has 4 nitrogen and oxygen atoms in total. The molecule has 2 rings (SSSR count). The van der Waals surface area contributed by atoms with Crippen molar-refractivity contribution in [3.05, 3.63) is 66.0 Å². The molecule has 7 heteroatoms. The van der Waals surface area contributed by atoms with Gasteiger partial charge < -0.3 is 35.0 Å². The van der Waals surface area contributed by atoms with Gasteiger partial charge in [0.1, 0.15) is 0 Å². The molecule has 0 aliphatic heterocycles. The fourth-order valence-corrected chi connectivity index (χ4v) is 1.41. The molecule has 0 amide bonds. The van der Waals surface area contributed by atoms with Crippen molar-refractivity contribution in [3.63, 3.8) is 0 Å². The van der Waals surface area contributed by atoms with Crippen molar-refractivity contribution in [1.82, 2.24) is 9.88 Å². The summed E-state index contributed by atoms with van der Waals surface area (Å²) in [7, 11) is 3.73. The monoisotopic (exact) mass is 553 g/mol. The van der Waals surface area contributed by atoms with Crippen molar-refractivity contribution in [2.75, 3.05) is 20.7 Å². The molecule has 0 saturated carbocycles. The summed E-state index contributed by atoms with van der Waals surface area (Å²) >= 11 is 9.29. The zero-order valence-electron chi connectivity index (χ0n) is 13.8. The molecule has 0 spiro atoms. The van der Waals surface area contributed by atoms with Gasteiger partial charge in [-0.05, 0) is 26.2 Å². The van der Waals surface area contributed by atoms with Gasteiger partial charge in [0.25, 0.3) is 0 Å². The van der Waals surface area contributed by atoms with Crippen molar-refractivity contribution in [2.45, 2.75) is 4.71 Å². The van der Waals surface area contributed by atoms with E-state index in [1.165, 1.54) is 0 Å². The van der Waals surface area contributed by atoms with Gasteiger partial charge in [-0.1, -0.05) is 12.0 Å². The summed E-state index contributed by atoms with van der Waals surface area (Å²) in [6.45, 7) is 0.128. The van der Waals surface area contributed by atoms with Crippen LogP contribution in [0.15, 0.2) is 53.8 Å². The van der Waals surface area contributed by atoms with Crippen LogP contribution < -0.4 is 0 Å². The largest absolute Gasteiger partial charge is 3.00 e. The van der Waals surface area contributed by atoms with Gasteiger partial charge in [0.15, 0.2) is 6.61 Å². The average Bonchev–Trinajstić information content (AvgIpc) is 2.61. The molecule has 134 valence electrons. The summed E-state index contributed by atoms with van der Waals surface area (Å²) < 4.78 is -0.148. The maximum Gasteiger partial charge on any atom is 3.00 e. The van der Waals surface area contributed by atoms with Crippen LogP contribution in [0, 0.1) is 18.4 Å². The van der Waals surface area contributed by atoms with E-state index in [9.17, 15) is 0 Å². The standard InChI is InChI=1S/C15H11N2O.C3H9NS2.Au/c1-2-12-18-17-15(13-8-4-3-5-9-13)14-10-6-7-11-16-14;1-4(2)3(5)6;/h1,3-8,10-11H,12H2;3,5-6H,1-2H3;/q-1;;+3/p-2/b17-15+;;. The third-order valence-corrected chi connectivity index (χ3v) is 3.44. The van der Waals surface area contributed by atoms with Gasteiger partial charge in [-0.25, -0.2) is 4.71 Å². The topological polar surface area (TPSA) is 37.7 Å². The van der Waals surface area contributed by atoms with Crippen LogP contribution in [0.5, 0.6) is 0 Å². The second kappa shape index (κ2) is 14.0. The van der Waals surface area contributed by atoms with E-state index in [2.05, 4.69) is 47.4 Å². The molecule has 0 N–H and O–H groups in total. The first-order valence-corrected chi connectivity index (χ1v) is 8.00. The van der Waals surface area contributed by atoms with Gasteiger partial charge in [0, 0.05) is 6.20 Å². The van der Waals surface area contributed by atoms with E-state index in [0.29, 0.717) is 5.71 Å². The van der Waals surface area contributed by atoms with Crippen LogP contribution in [0.1, 0.15) is 11.3 Å². The summed E-state index contributed by atoms with van der Waals surface area (Å²) in [6, 6.07) is 16.2. The maximum atomic E-state index is 5.12. The minimum Gasteiger partial charge on any atom is -0.800 e. The summed E-state index contributed by atoms with van der Waals surface area (Å²) in [5, 5.41) is 4.03. The van der Waals surface area contributed by atoms with Crippen molar-refractivity contribution >= 4 is 31.0 Å². The summed E-state index contributed by atoms with van der Waals surface area (Å²) in [5.41, 5.74) is 2.15. The van der Waals surface area contributed by atoms with Crippen molar-refractivity contribution in [3.8, 4) is 12.3 Å². The number of rotatable bonds is 5. The Hall–Kier alpha value is -1.20. The van der Waals surface area contributed by atoms with Gasteiger partial charge in [0.05, 0.1) is 11.4 Å². The molecule has 1 aromatic heterocycles. The molecule has 1 heterocycles. The molecule has 0 atom stereocenters. The number of benzene rings is 1. The van der Waals surface area contributed by atoms with Crippen molar-refractivity contribution < 1.29 is 27.2 Å². The number of pyridine rings is 1. The number of aromatic nitrogens is 1. The fourth-order valence-electron chi connectivity index (χ4n) is 1.41. The van der Waals surface area contributed by atoms with Crippen LogP contribution in [-0.4, -0.2) is 41.0 Å². The predicted octanol–water partition coefficient (Wildman–Crippen LogP) is 2.21. The third-order valence-electron chi connectivity index (χ3n) is 2.60. The van der Waals surface area contributed by atoms with E-state index in [-0.39, 0.29) is 33.7 Å². The smallest absolute Gasteiger partial charge is 0.800 e. The van der Waals surface area contributed by atoms with Gasteiger partial charge >= 0.3 is 22.4 Å². The third kappa shape index (κ3) is 9.75.